The molecule has 0 heterocycles. The molecule has 0 aliphatic heterocycles. The zero-order chi connectivity index (χ0) is 18.8. The van der Waals surface area contributed by atoms with Crippen molar-refractivity contribution in [2.75, 3.05) is 20.8 Å². The molecule has 2 aromatic carbocycles. The smallest absolute Gasteiger partial charge is 0.220 e. The van der Waals surface area contributed by atoms with Gasteiger partial charge in [0.1, 0.15) is 11.5 Å². The van der Waals surface area contributed by atoms with Crippen LogP contribution in [0.5, 0.6) is 11.5 Å². The Morgan fingerprint density at radius 3 is 2.35 bits per heavy atom. The molecule has 0 aliphatic rings. The van der Waals surface area contributed by atoms with Crippen LogP contribution in [-0.4, -0.2) is 32.5 Å². The molecule has 0 fully saturated rings. The number of hydrogen-bond donors (Lipinski definition) is 1. The maximum Gasteiger partial charge on any atom is 0.220 e. The van der Waals surface area contributed by atoms with Gasteiger partial charge >= 0.3 is 0 Å². The predicted octanol–water partition coefficient (Wildman–Crippen LogP) is 3.42. The Morgan fingerprint density at radius 1 is 0.923 bits per heavy atom. The summed E-state index contributed by atoms with van der Waals surface area (Å²) in [7, 11) is 3.22. The van der Waals surface area contributed by atoms with Crippen LogP contribution in [-0.2, 0) is 11.2 Å². The van der Waals surface area contributed by atoms with Gasteiger partial charge in [0.15, 0.2) is 5.78 Å². The molecule has 0 aliphatic carbocycles. The fourth-order valence-corrected chi connectivity index (χ4v) is 2.67. The fourth-order valence-electron chi connectivity index (χ4n) is 2.67. The number of methoxy groups -OCH3 is 2. The van der Waals surface area contributed by atoms with E-state index in [-0.39, 0.29) is 11.7 Å². The summed E-state index contributed by atoms with van der Waals surface area (Å²) in [5.41, 5.74) is 1.70. The molecule has 0 bridgehead atoms. The second-order valence-electron chi connectivity index (χ2n) is 5.92. The summed E-state index contributed by atoms with van der Waals surface area (Å²) in [5, 5.41) is 2.89. The molecule has 138 valence electrons. The second-order valence-corrected chi connectivity index (χ2v) is 5.92. The van der Waals surface area contributed by atoms with Gasteiger partial charge in [-0.2, -0.15) is 0 Å². The summed E-state index contributed by atoms with van der Waals surface area (Å²) < 4.78 is 10.4. The minimum atomic E-state index is -0.0394. The van der Waals surface area contributed by atoms with Crippen molar-refractivity contribution in [3.05, 3.63) is 59.7 Å². The third-order valence-corrected chi connectivity index (χ3v) is 4.13. The van der Waals surface area contributed by atoms with Crippen LogP contribution in [0.4, 0.5) is 0 Å². The monoisotopic (exact) mass is 355 g/mol. The summed E-state index contributed by atoms with van der Waals surface area (Å²) >= 11 is 0. The molecule has 5 heteroatoms. The van der Waals surface area contributed by atoms with Crippen LogP contribution in [0.25, 0.3) is 0 Å². The molecule has 0 unspecified atom stereocenters. The Kier molecular flexibility index (Phi) is 7.68. The van der Waals surface area contributed by atoms with E-state index in [1.54, 1.807) is 38.5 Å². The molecule has 0 atom stereocenters. The molecular weight excluding hydrogens is 330 g/mol. The highest BCUT2D eigenvalue weighted by Crippen LogP contribution is 2.17. The highest BCUT2D eigenvalue weighted by molar-refractivity contribution is 5.96. The maximum absolute atomic E-state index is 12.1. The quantitative estimate of drug-likeness (QED) is 0.663. The van der Waals surface area contributed by atoms with Crippen LogP contribution in [0.1, 0.15) is 35.2 Å². The van der Waals surface area contributed by atoms with Gasteiger partial charge in [-0.1, -0.05) is 18.2 Å². The Morgan fingerprint density at radius 2 is 1.65 bits per heavy atom. The fraction of sp³-hybridized carbons (Fsp3) is 0.333. The summed E-state index contributed by atoms with van der Waals surface area (Å²) in [5.74, 6) is 1.54. The largest absolute Gasteiger partial charge is 0.497 e. The van der Waals surface area contributed by atoms with Crippen molar-refractivity contribution < 1.29 is 19.1 Å². The molecule has 0 spiro atoms. The van der Waals surface area contributed by atoms with E-state index in [2.05, 4.69) is 5.32 Å². The topological polar surface area (TPSA) is 64.6 Å². The van der Waals surface area contributed by atoms with E-state index in [9.17, 15) is 9.59 Å². The van der Waals surface area contributed by atoms with Crippen molar-refractivity contribution in [1.82, 2.24) is 5.32 Å². The van der Waals surface area contributed by atoms with Gasteiger partial charge in [0.05, 0.1) is 14.2 Å². The molecule has 0 aromatic heterocycles. The van der Waals surface area contributed by atoms with Gasteiger partial charge in [0.25, 0.3) is 0 Å². The minimum Gasteiger partial charge on any atom is -0.497 e. The van der Waals surface area contributed by atoms with E-state index in [4.69, 9.17) is 9.47 Å². The first-order chi connectivity index (χ1) is 12.6. The van der Waals surface area contributed by atoms with Crippen molar-refractivity contribution in [2.45, 2.75) is 25.7 Å². The molecule has 0 radical (unpaired) electrons. The first-order valence-electron chi connectivity index (χ1n) is 8.70. The average Bonchev–Trinajstić information content (AvgIpc) is 2.68. The molecule has 2 rings (SSSR count). The molecule has 0 saturated carbocycles. The third kappa shape index (κ3) is 5.92. The van der Waals surface area contributed by atoms with E-state index in [0.717, 1.165) is 17.1 Å². The van der Waals surface area contributed by atoms with Gasteiger partial charge in [0.2, 0.25) is 5.91 Å². The van der Waals surface area contributed by atoms with E-state index >= 15 is 0 Å². The number of carbonyl (C=O) groups is 2. The van der Waals surface area contributed by atoms with E-state index in [0.29, 0.717) is 37.8 Å². The van der Waals surface area contributed by atoms with Crippen molar-refractivity contribution in [3.63, 3.8) is 0 Å². The lowest BCUT2D eigenvalue weighted by Gasteiger charge is -2.09. The van der Waals surface area contributed by atoms with Crippen LogP contribution < -0.4 is 14.8 Å². The number of para-hydroxylation sites is 1. The lowest BCUT2D eigenvalue weighted by atomic mass is 10.1. The number of carbonyl (C=O) groups excluding carboxylic acids is 2. The number of Topliss-reactive ketones (excluding diaryl/α,β-unsaturated/α-hetero) is 1. The number of hydrogen-bond acceptors (Lipinski definition) is 4. The van der Waals surface area contributed by atoms with Crippen molar-refractivity contribution in [1.29, 1.82) is 0 Å². The Hall–Kier alpha value is -2.82. The SMILES string of the molecule is COc1ccc(C(=O)CCCC(=O)NCCc2ccccc2OC)cc1. The Balaban J connectivity index is 1.67. The lowest BCUT2D eigenvalue weighted by molar-refractivity contribution is -0.121. The van der Waals surface area contributed by atoms with Gasteiger partial charge < -0.3 is 14.8 Å². The summed E-state index contributed by atoms with van der Waals surface area (Å²) in [6.45, 7) is 0.547. The highest BCUT2D eigenvalue weighted by atomic mass is 16.5. The molecule has 1 N–H and O–H groups in total. The van der Waals surface area contributed by atoms with Gasteiger partial charge in [-0.15, -0.1) is 0 Å². The molecule has 26 heavy (non-hydrogen) atoms. The highest BCUT2D eigenvalue weighted by Gasteiger charge is 2.08. The van der Waals surface area contributed by atoms with Crippen LogP contribution in [0.2, 0.25) is 0 Å². The molecule has 0 saturated heterocycles. The van der Waals surface area contributed by atoms with Crippen molar-refractivity contribution in [2.24, 2.45) is 0 Å². The summed E-state index contributed by atoms with van der Waals surface area (Å²) in [6.07, 6.45) is 1.94. The van der Waals surface area contributed by atoms with Crippen molar-refractivity contribution in [3.8, 4) is 11.5 Å². The Labute approximate surface area is 154 Å². The molecule has 5 nitrogen and oxygen atoms in total. The van der Waals surface area contributed by atoms with Crippen LogP contribution in [0, 0.1) is 0 Å². The van der Waals surface area contributed by atoms with Crippen molar-refractivity contribution >= 4 is 11.7 Å². The van der Waals surface area contributed by atoms with Gasteiger partial charge in [-0.25, -0.2) is 0 Å². The van der Waals surface area contributed by atoms with Crippen LogP contribution >= 0.6 is 0 Å². The van der Waals surface area contributed by atoms with E-state index in [1.165, 1.54) is 0 Å². The summed E-state index contributed by atoms with van der Waals surface area (Å²) in [6, 6.07) is 14.8. The maximum atomic E-state index is 12.1. The normalized spacial score (nSPS) is 10.2. The molecular formula is C21H25NO4. The number of benzene rings is 2. The standard InChI is InChI=1S/C21H25NO4/c1-25-18-12-10-16(11-13-18)19(23)7-5-9-21(24)22-15-14-17-6-3-4-8-20(17)26-2/h3-4,6,8,10-13H,5,7,9,14-15H2,1-2H3,(H,22,24). The number of nitrogens with one attached hydrogen (secondary N) is 1. The zero-order valence-electron chi connectivity index (χ0n) is 15.3. The first kappa shape index (κ1) is 19.5. The lowest BCUT2D eigenvalue weighted by Crippen LogP contribution is -2.25. The predicted molar refractivity (Wildman–Crippen MR) is 101 cm³/mol. The second kappa shape index (κ2) is 10.2. The van der Waals surface area contributed by atoms with E-state index < -0.39 is 0 Å². The van der Waals surface area contributed by atoms with Gasteiger partial charge in [-0.05, 0) is 48.7 Å². The number of rotatable bonds is 10. The molecule has 2 aromatic rings. The first-order valence-corrected chi connectivity index (χ1v) is 8.70. The number of amides is 1. The van der Waals surface area contributed by atoms with E-state index in [1.807, 2.05) is 24.3 Å². The summed E-state index contributed by atoms with van der Waals surface area (Å²) in [4.78, 5) is 24.0. The number of ether oxygens (including phenoxy) is 2. The van der Waals surface area contributed by atoms with Gasteiger partial charge in [0, 0.05) is 24.9 Å². The average molecular weight is 355 g/mol. The Bertz CT molecular complexity index is 725. The minimum absolute atomic E-state index is 0.0366. The van der Waals surface area contributed by atoms with Gasteiger partial charge in [-0.3, -0.25) is 9.59 Å². The number of ketones is 1. The molecule has 1 amide bonds. The third-order valence-electron chi connectivity index (χ3n) is 4.13. The zero-order valence-corrected chi connectivity index (χ0v) is 15.3. The van der Waals surface area contributed by atoms with Crippen LogP contribution in [0.3, 0.4) is 0 Å². The van der Waals surface area contributed by atoms with Crippen LogP contribution in [0.15, 0.2) is 48.5 Å².